The Kier molecular flexibility index (Phi) is 7.69. The molecule has 3 amide bonds. The van der Waals surface area contributed by atoms with Gasteiger partial charge in [-0.1, -0.05) is 48.0 Å². The van der Waals surface area contributed by atoms with Gasteiger partial charge in [0.15, 0.2) is 0 Å². The number of hydrogen-bond acceptors (Lipinski definition) is 6. The second-order valence-corrected chi connectivity index (χ2v) is 8.94. The van der Waals surface area contributed by atoms with Crippen LogP contribution in [0, 0.1) is 0 Å². The van der Waals surface area contributed by atoms with E-state index >= 15 is 0 Å². The molecule has 0 aromatic heterocycles. The molecule has 0 saturated heterocycles. The van der Waals surface area contributed by atoms with Gasteiger partial charge in [0, 0.05) is 16.9 Å². The number of anilines is 2. The van der Waals surface area contributed by atoms with E-state index in [2.05, 4.69) is 10.6 Å². The van der Waals surface area contributed by atoms with Crippen LogP contribution in [0.5, 0.6) is 0 Å². The predicted octanol–water partition coefficient (Wildman–Crippen LogP) is 4.94. The van der Waals surface area contributed by atoms with Crippen LogP contribution in [-0.4, -0.2) is 34.7 Å². The highest BCUT2D eigenvalue weighted by molar-refractivity contribution is 6.48. The number of halogens is 1. The molecule has 4 rings (SSSR count). The number of hydrogen-bond donors (Lipinski definition) is 2. The van der Waals surface area contributed by atoms with Crippen LogP contribution in [0.1, 0.15) is 40.1 Å². The number of carbonyl (C=O) groups excluding carboxylic acids is 4. The lowest BCUT2D eigenvalue weighted by Crippen LogP contribution is -2.31. The third-order valence-electron chi connectivity index (χ3n) is 5.41. The Bertz CT molecular complexity index is 1380. The third kappa shape index (κ3) is 6.05. The molecule has 188 valence electrons. The van der Waals surface area contributed by atoms with Crippen molar-refractivity contribution in [2.75, 3.05) is 10.6 Å². The average molecular weight is 518 g/mol. The third-order valence-corrected chi connectivity index (χ3v) is 5.76. The molecule has 2 N–H and O–H groups in total. The summed E-state index contributed by atoms with van der Waals surface area (Å²) in [4.78, 5) is 51.4. The molecule has 0 atom stereocenters. The molecule has 1 heterocycles. The van der Waals surface area contributed by atoms with Gasteiger partial charge >= 0.3 is 5.97 Å². The minimum atomic E-state index is -0.590. The maximum absolute atomic E-state index is 12.9. The van der Waals surface area contributed by atoms with E-state index in [0.29, 0.717) is 22.5 Å². The Balaban J connectivity index is 1.43. The summed E-state index contributed by atoms with van der Waals surface area (Å²) in [5, 5.41) is 5.43. The van der Waals surface area contributed by atoms with Gasteiger partial charge in [0.2, 0.25) is 0 Å². The van der Waals surface area contributed by atoms with Crippen LogP contribution < -0.4 is 10.6 Å². The van der Waals surface area contributed by atoms with Crippen molar-refractivity contribution < 1.29 is 23.9 Å². The number of nitrogens with one attached hydrogen (secondary N) is 2. The predicted molar refractivity (Wildman–Crippen MR) is 140 cm³/mol. The van der Waals surface area contributed by atoms with Gasteiger partial charge in [0.1, 0.15) is 10.7 Å². The first-order valence-electron chi connectivity index (χ1n) is 11.5. The van der Waals surface area contributed by atoms with Gasteiger partial charge in [-0.3, -0.25) is 19.3 Å². The zero-order chi connectivity index (χ0) is 26.5. The van der Waals surface area contributed by atoms with Crippen LogP contribution in [0.15, 0.2) is 89.6 Å². The van der Waals surface area contributed by atoms with E-state index in [4.69, 9.17) is 16.3 Å². The number of carbonyl (C=O) groups is 4. The Labute approximate surface area is 218 Å². The normalized spacial score (nSPS) is 13.2. The summed E-state index contributed by atoms with van der Waals surface area (Å²) in [5.74, 6) is -1.99. The average Bonchev–Trinajstić information content (AvgIpc) is 3.08. The number of rotatable bonds is 8. The Morgan fingerprint density at radius 1 is 0.865 bits per heavy atom. The summed E-state index contributed by atoms with van der Waals surface area (Å²) in [7, 11) is 0. The van der Waals surface area contributed by atoms with Crippen molar-refractivity contribution in [3.8, 4) is 0 Å². The van der Waals surface area contributed by atoms with E-state index in [1.54, 1.807) is 62.4 Å². The minimum Gasteiger partial charge on any atom is -0.459 e. The number of esters is 1. The van der Waals surface area contributed by atoms with Gasteiger partial charge in [-0.25, -0.2) is 4.79 Å². The molecule has 37 heavy (non-hydrogen) atoms. The highest BCUT2D eigenvalue weighted by Gasteiger charge is 2.37. The van der Waals surface area contributed by atoms with Crippen molar-refractivity contribution in [3.63, 3.8) is 0 Å². The fourth-order valence-corrected chi connectivity index (χ4v) is 3.85. The molecular formula is C28H24ClN3O5. The second-order valence-electron chi connectivity index (χ2n) is 8.56. The first-order valence-corrected chi connectivity index (χ1v) is 11.9. The monoisotopic (exact) mass is 517 g/mol. The highest BCUT2D eigenvalue weighted by atomic mass is 35.5. The molecule has 0 unspecified atom stereocenters. The molecular weight excluding hydrogens is 494 g/mol. The topological polar surface area (TPSA) is 105 Å². The van der Waals surface area contributed by atoms with Crippen molar-refractivity contribution in [2.24, 2.45) is 0 Å². The van der Waals surface area contributed by atoms with Crippen LogP contribution in [0.2, 0.25) is 0 Å². The molecule has 0 spiro atoms. The lowest BCUT2D eigenvalue weighted by molar-refractivity contribution is -0.138. The van der Waals surface area contributed by atoms with Gasteiger partial charge in [-0.2, -0.15) is 0 Å². The number of ether oxygens (including phenoxy) is 1. The maximum atomic E-state index is 12.9. The number of amides is 3. The van der Waals surface area contributed by atoms with Crippen LogP contribution >= 0.6 is 11.6 Å². The molecule has 9 heteroatoms. The van der Waals surface area contributed by atoms with Crippen molar-refractivity contribution in [1.29, 1.82) is 0 Å². The van der Waals surface area contributed by atoms with Crippen molar-refractivity contribution in [2.45, 2.75) is 26.5 Å². The minimum absolute atomic E-state index is 0.0518. The van der Waals surface area contributed by atoms with Crippen molar-refractivity contribution in [1.82, 2.24) is 4.90 Å². The first kappa shape index (κ1) is 25.7. The van der Waals surface area contributed by atoms with Crippen molar-refractivity contribution in [3.05, 3.63) is 106 Å². The van der Waals surface area contributed by atoms with Crippen LogP contribution in [0.25, 0.3) is 0 Å². The Hall–Kier alpha value is -4.43. The molecule has 0 aliphatic carbocycles. The molecule has 3 aromatic carbocycles. The maximum Gasteiger partial charge on any atom is 0.338 e. The summed E-state index contributed by atoms with van der Waals surface area (Å²) in [6.07, 6.45) is -0.233. The first-order chi connectivity index (χ1) is 17.7. The fraction of sp³-hybridized carbons (Fsp3) is 0.143. The summed E-state index contributed by atoms with van der Waals surface area (Å²) < 4.78 is 5.16. The summed E-state index contributed by atoms with van der Waals surface area (Å²) in [6.45, 7) is 3.62. The lowest BCUT2D eigenvalue weighted by Gasteiger charge is -2.15. The molecule has 8 nitrogen and oxygen atoms in total. The largest absolute Gasteiger partial charge is 0.459 e. The van der Waals surface area contributed by atoms with Gasteiger partial charge in [0.25, 0.3) is 17.7 Å². The Morgan fingerprint density at radius 3 is 2.24 bits per heavy atom. The number of imide groups is 1. The molecule has 1 aliphatic heterocycles. The molecule has 0 fully saturated rings. The zero-order valence-corrected chi connectivity index (χ0v) is 20.9. The SMILES string of the molecule is CC(C)OC(=O)c1ccc(NC(=O)c2cccc(NC3=C(Cl)C(=O)N(Cc4ccccc4)C3=O)c2)cc1. The summed E-state index contributed by atoms with van der Waals surface area (Å²) in [6, 6.07) is 21.9. The molecule has 0 bridgehead atoms. The fourth-order valence-electron chi connectivity index (χ4n) is 3.62. The smallest absolute Gasteiger partial charge is 0.338 e. The van der Waals surface area contributed by atoms with E-state index in [-0.39, 0.29) is 23.4 Å². The quantitative estimate of drug-likeness (QED) is 0.324. The van der Waals surface area contributed by atoms with E-state index in [0.717, 1.165) is 10.5 Å². The van der Waals surface area contributed by atoms with E-state index in [1.165, 1.54) is 0 Å². The molecule has 0 saturated carbocycles. The van der Waals surface area contributed by atoms with Gasteiger partial charge in [0.05, 0.1) is 18.2 Å². The van der Waals surface area contributed by atoms with Gasteiger partial charge < -0.3 is 15.4 Å². The van der Waals surface area contributed by atoms with Crippen molar-refractivity contribution >= 4 is 46.7 Å². The zero-order valence-electron chi connectivity index (χ0n) is 20.2. The van der Waals surface area contributed by atoms with Crippen LogP contribution in [0.4, 0.5) is 11.4 Å². The number of nitrogens with zero attached hydrogens (tertiary/aromatic N) is 1. The molecule has 1 aliphatic rings. The Morgan fingerprint density at radius 2 is 1.57 bits per heavy atom. The summed E-state index contributed by atoms with van der Waals surface area (Å²) >= 11 is 6.20. The van der Waals surface area contributed by atoms with E-state index in [9.17, 15) is 19.2 Å². The van der Waals surface area contributed by atoms with Crippen LogP contribution in [-0.2, 0) is 20.9 Å². The highest BCUT2D eigenvalue weighted by Crippen LogP contribution is 2.27. The second kappa shape index (κ2) is 11.1. The number of benzene rings is 3. The summed E-state index contributed by atoms with van der Waals surface area (Å²) in [5.41, 5.74) is 2.32. The molecule has 3 aromatic rings. The van der Waals surface area contributed by atoms with E-state index < -0.39 is 23.7 Å². The standard InChI is InChI=1S/C28H24ClN3O5/c1-17(2)37-28(36)19-11-13-21(14-12-19)31-25(33)20-9-6-10-22(15-20)30-24-23(29)26(34)32(27(24)35)16-18-7-4-3-5-8-18/h3-15,17,30H,16H2,1-2H3,(H,31,33). The lowest BCUT2D eigenvalue weighted by atomic mass is 10.1. The molecule has 0 radical (unpaired) electrons. The van der Waals surface area contributed by atoms with Gasteiger partial charge in [-0.05, 0) is 61.9 Å². The van der Waals surface area contributed by atoms with E-state index in [1.807, 2.05) is 30.3 Å². The van der Waals surface area contributed by atoms with Crippen LogP contribution in [0.3, 0.4) is 0 Å². The van der Waals surface area contributed by atoms with Gasteiger partial charge in [-0.15, -0.1) is 0 Å².